The first-order chi connectivity index (χ1) is 7.67. The molecule has 1 aliphatic heterocycles. The molecule has 1 fully saturated rings. The summed E-state index contributed by atoms with van der Waals surface area (Å²) in [4.78, 5) is 11.8. The van der Waals surface area contributed by atoms with E-state index in [1.807, 2.05) is 6.92 Å². The Morgan fingerprint density at radius 3 is 2.81 bits per heavy atom. The summed E-state index contributed by atoms with van der Waals surface area (Å²) >= 11 is 0. The largest absolute Gasteiger partial charge is 0.365 e. The van der Waals surface area contributed by atoms with Crippen LogP contribution in [-0.4, -0.2) is 30.7 Å². The van der Waals surface area contributed by atoms with Crippen molar-refractivity contribution < 1.29 is 9.53 Å². The number of nitrogens with one attached hydrogen (secondary N) is 1. The van der Waals surface area contributed by atoms with E-state index in [4.69, 9.17) is 10.5 Å². The third-order valence-corrected chi connectivity index (χ3v) is 3.06. The topological polar surface area (TPSA) is 64.3 Å². The average Bonchev–Trinajstić information content (AvgIpc) is 2.70. The number of carbonyl (C=O) groups is 1. The van der Waals surface area contributed by atoms with E-state index in [0.29, 0.717) is 6.54 Å². The number of hydrogen-bond acceptors (Lipinski definition) is 3. The molecule has 1 rings (SSSR count). The molecule has 0 bridgehead atoms. The fourth-order valence-corrected chi connectivity index (χ4v) is 1.99. The number of carbonyl (C=O) groups excluding carboxylic acids is 1. The van der Waals surface area contributed by atoms with Gasteiger partial charge < -0.3 is 15.8 Å². The van der Waals surface area contributed by atoms with Crippen LogP contribution >= 0.6 is 0 Å². The van der Waals surface area contributed by atoms with E-state index in [2.05, 4.69) is 12.2 Å². The Hall–Kier alpha value is -0.610. The Morgan fingerprint density at radius 2 is 2.31 bits per heavy atom. The molecule has 1 amide bonds. The summed E-state index contributed by atoms with van der Waals surface area (Å²) in [6.45, 7) is 4.65. The lowest BCUT2D eigenvalue weighted by molar-refractivity contribution is -0.132. The molecule has 0 spiro atoms. The minimum absolute atomic E-state index is 0.0101. The van der Waals surface area contributed by atoms with Crippen LogP contribution in [0.15, 0.2) is 0 Å². The molecule has 3 atom stereocenters. The lowest BCUT2D eigenvalue weighted by atomic mass is 10.1. The molecule has 1 aliphatic rings. The third kappa shape index (κ3) is 4.10. The van der Waals surface area contributed by atoms with Gasteiger partial charge >= 0.3 is 0 Å². The fourth-order valence-electron chi connectivity index (χ4n) is 1.99. The summed E-state index contributed by atoms with van der Waals surface area (Å²) in [5.41, 5.74) is 5.63. The van der Waals surface area contributed by atoms with Crippen LogP contribution in [0.3, 0.4) is 0 Å². The van der Waals surface area contributed by atoms with Crippen molar-refractivity contribution in [3.05, 3.63) is 0 Å². The Kier molecular flexibility index (Phi) is 5.77. The van der Waals surface area contributed by atoms with Crippen molar-refractivity contribution in [2.45, 2.75) is 64.2 Å². The Labute approximate surface area is 97.9 Å². The van der Waals surface area contributed by atoms with Crippen LogP contribution in [-0.2, 0) is 9.53 Å². The first-order valence-electron chi connectivity index (χ1n) is 6.33. The maximum Gasteiger partial charge on any atom is 0.249 e. The normalized spacial score (nSPS) is 26.7. The van der Waals surface area contributed by atoms with E-state index >= 15 is 0 Å². The Morgan fingerprint density at radius 1 is 1.56 bits per heavy atom. The molecule has 3 unspecified atom stereocenters. The van der Waals surface area contributed by atoms with Gasteiger partial charge in [0.25, 0.3) is 0 Å². The second kappa shape index (κ2) is 6.86. The predicted octanol–water partition coefficient (Wildman–Crippen LogP) is 1.19. The molecular weight excluding hydrogens is 204 g/mol. The van der Waals surface area contributed by atoms with Gasteiger partial charge in [-0.2, -0.15) is 0 Å². The van der Waals surface area contributed by atoms with Crippen molar-refractivity contribution in [1.29, 1.82) is 0 Å². The van der Waals surface area contributed by atoms with Crippen LogP contribution < -0.4 is 11.1 Å². The summed E-state index contributed by atoms with van der Waals surface area (Å²) < 4.78 is 5.52. The molecule has 0 aromatic carbocycles. The number of hydrogen-bond donors (Lipinski definition) is 2. The third-order valence-electron chi connectivity index (χ3n) is 3.06. The molecule has 0 aromatic rings. The van der Waals surface area contributed by atoms with Gasteiger partial charge in [0.05, 0.1) is 6.10 Å². The van der Waals surface area contributed by atoms with Crippen molar-refractivity contribution in [3.63, 3.8) is 0 Å². The first-order valence-corrected chi connectivity index (χ1v) is 6.33. The molecule has 4 heteroatoms. The molecule has 0 aliphatic carbocycles. The van der Waals surface area contributed by atoms with E-state index in [-0.39, 0.29) is 24.2 Å². The van der Waals surface area contributed by atoms with E-state index in [9.17, 15) is 4.79 Å². The van der Waals surface area contributed by atoms with Crippen molar-refractivity contribution >= 4 is 5.91 Å². The summed E-state index contributed by atoms with van der Waals surface area (Å²) in [6.07, 6.45) is 4.95. The zero-order valence-electron chi connectivity index (χ0n) is 10.4. The zero-order valence-corrected chi connectivity index (χ0v) is 10.4. The average molecular weight is 228 g/mol. The number of nitrogens with two attached hydrogens (primary N) is 1. The van der Waals surface area contributed by atoms with Crippen molar-refractivity contribution in [1.82, 2.24) is 5.32 Å². The Bertz CT molecular complexity index is 221. The van der Waals surface area contributed by atoms with Gasteiger partial charge in [-0.1, -0.05) is 19.8 Å². The van der Waals surface area contributed by atoms with E-state index < -0.39 is 0 Å². The highest BCUT2D eigenvalue weighted by Crippen LogP contribution is 2.19. The van der Waals surface area contributed by atoms with Gasteiger partial charge in [0.2, 0.25) is 5.91 Å². The molecule has 3 N–H and O–H groups in total. The molecule has 4 nitrogen and oxygen atoms in total. The van der Waals surface area contributed by atoms with Crippen LogP contribution in [0, 0.1) is 0 Å². The van der Waals surface area contributed by atoms with Crippen molar-refractivity contribution in [2.75, 3.05) is 6.54 Å². The summed E-state index contributed by atoms with van der Waals surface area (Å²) in [6, 6.07) is 0.104. The van der Waals surface area contributed by atoms with Crippen molar-refractivity contribution in [2.24, 2.45) is 5.73 Å². The van der Waals surface area contributed by atoms with Crippen LogP contribution in [0.25, 0.3) is 0 Å². The molecule has 0 radical (unpaired) electrons. The van der Waals surface area contributed by atoms with Gasteiger partial charge in [-0.15, -0.1) is 0 Å². The van der Waals surface area contributed by atoms with E-state index in [1.54, 1.807) is 0 Å². The molecule has 0 aromatic heterocycles. The first kappa shape index (κ1) is 13.5. The molecule has 16 heavy (non-hydrogen) atoms. The highest BCUT2D eigenvalue weighted by molar-refractivity contribution is 5.81. The molecule has 1 heterocycles. The monoisotopic (exact) mass is 228 g/mol. The summed E-state index contributed by atoms with van der Waals surface area (Å²) in [5, 5.41) is 2.98. The van der Waals surface area contributed by atoms with Crippen molar-refractivity contribution in [3.8, 4) is 0 Å². The molecule has 94 valence electrons. The van der Waals surface area contributed by atoms with Crippen LogP contribution in [0.1, 0.15) is 46.0 Å². The maximum atomic E-state index is 11.8. The zero-order chi connectivity index (χ0) is 12.0. The van der Waals surface area contributed by atoms with Crippen LogP contribution in [0.4, 0.5) is 0 Å². The van der Waals surface area contributed by atoms with Gasteiger partial charge in [-0.25, -0.2) is 0 Å². The number of unbranched alkanes of at least 4 members (excludes halogenated alkanes) is 1. The minimum Gasteiger partial charge on any atom is -0.365 e. The second-order valence-corrected chi connectivity index (χ2v) is 4.60. The molecular formula is C12H24N2O2. The van der Waals surface area contributed by atoms with Gasteiger partial charge in [0, 0.05) is 12.6 Å². The van der Waals surface area contributed by atoms with Gasteiger partial charge in [-0.3, -0.25) is 4.79 Å². The van der Waals surface area contributed by atoms with E-state index in [0.717, 1.165) is 32.1 Å². The van der Waals surface area contributed by atoms with Gasteiger partial charge in [0.15, 0.2) is 0 Å². The lowest BCUT2D eigenvalue weighted by Crippen LogP contribution is -2.45. The minimum atomic E-state index is -0.259. The predicted molar refractivity (Wildman–Crippen MR) is 64.1 cm³/mol. The van der Waals surface area contributed by atoms with Crippen LogP contribution in [0.2, 0.25) is 0 Å². The number of ether oxygens (including phenoxy) is 1. The quantitative estimate of drug-likeness (QED) is 0.717. The summed E-state index contributed by atoms with van der Waals surface area (Å²) in [7, 11) is 0. The maximum absolute atomic E-state index is 11.8. The van der Waals surface area contributed by atoms with E-state index in [1.165, 1.54) is 0 Å². The highest BCUT2D eigenvalue weighted by Gasteiger charge is 2.28. The van der Waals surface area contributed by atoms with Crippen LogP contribution in [0.5, 0.6) is 0 Å². The number of rotatable bonds is 6. The molecule has 0 saturated carbocycles. The lowest BCUT2D eigenvalue weighted by Gasteiger charge is -2.19. The Balaban J connectivity index is 2.30. The standard InChI is InChI=1S/C12H24N2O2/c1-3-4-5-10(8-13)14-12(15)11-7-6-9(2)16-11/h9-11H,3-8,13H2,1-2H3,(H,14,15). The number of amides is 1. The second-order valence-electron chi connectivity index (χ2n) is 4.60. The van der Waals surface area contributed by atoms with Gasteiger partial charge in [-0.05, 0) is 26.2 Å². The molecule has 1 saturated heterocycles. The summed E-state index contributed by atoms with van der Waals surface area (Å²) in [5.74, 6) is 0.0101. The smallest absolute Gasteiger partial charge is 0.249 e. The SMILES string of the molecule is CCCCC(CN)NC(=O)C1CCC(C)O1. The fraction of sp³-hybridized carbons (Fsp3) is 0.917. The highest BCUT2D eigenvalue weighted by atomic mass is 16.5. The van der Waals surface area contributed by atoms with Gasteiger partial charge in [0.1, 0.15) is 6.10 Å².